The second kappa shape index (κ2) is 4.79. The average molecular weight is 253 g/mol. The second-order valence-corrected chi connectivity index (χ2v) is 4.74. The van der Waals surface area contributed by atoms with Crippen LogP contribution in [0.5, 0.6) is 5.75 Å². The van der Waals surface area contributed by atoms with Crippen LogP contribution in [0.4, 0.5) is 0 Å². The molecule has 0 spiro atoms. The van der Waals surface area contributed by atoms with Gasteiger partial charge in [0.15, 0.2) is 0 Å². The van der Waals surface area contributed by atoms with Crippen LogP contribution in [0.25, 0.3) is 0 Å². The maximum atomic E-state index is 8.93. The molecule has 0 radical (unpaired) electrons. The number of aromatic nitrogens is 1. The minimum atomic E-state index is 0.224. The Hall–Kier alpha value is -2.25. The highest BCUT2D eigenvalue weighted by atomic mass is 16.5. The lowest BCUT2D eigenvalue weighted by Crippen LogP contribution is -2.21. The Morgan fingerprint density at radius 3 is 3.11 bits per heavy atom. The quantitative estimate of drug-likeness (QED) is 0.911. The summed E-state index contributed by atoms with van der Waals surface area (Å²) in [4.78, 5) is 0. The van der Waals surface area contributed by atoms with E-state index in [0.717, 1.165) is 17.9 Å². The van der Waals surface area contributed by atoms with Gasteiger partial charge in [-0.2, -0.15) is 5.26 Å². The molecular weight excluding hydrogens is 238 g/mol. The third-order valence-electron chi connectivity index (χ3n) is 3.43. The lowest BCUT2D eigenvalue weighted by Gasteiger charge is -2.10. The number of nitrogens with zero attached hydrogens (tertiary/aromatic N) is 2. The van der Waals surface area contributed by atoms with Crippen LogP contribution in [0.15, 0.2) is 36.5 Å². The number of fused-ring (bicyclic) bond motifs is 1. The Morgan fingerprint density at radius 2 is 2.32 bits per heavy atom. The zero-order valence-electron chi connectivity index (χ0n) is 10.8. The van der Waals surface area contributed by atoms with E-state index in [2.05, 4.69) is 17.5 Å². The predicted molar refractivity (Wildman–Crippen MR) is 71.6 cm³/mol. The highest BCUT2D eigenvalue weighted by Crippen LogP contribution is 2.31. The van der Waals surface area contributed by atoms with Crippen molar-refractivity contribution in [2.24, 2.45) is 7.05 Å². The topological polar surface area (TPSA) is 50.0 Å². The van der Waals surface area contributed by atoms with E-state index in [4.69, 9.17) is 10.00 Å². The van der Waals surface area contributed by atoms with E-state index < -0.39 is 0 Å². The monoisotopic (exact) mass is 253 g/mol. The molecule has 4 nitrogen and oxygen atoms in total. The molecule has 0 saturated carbocycles. The van der Waals surface area contributed by atoms with E-state index in [1.165, 1.54) is 5.56 Å². The summed E-state index contributed by atoms with van der Waals surface area (Å²) in [7, 11) is 1.88. The van der Waals surface area contributed by atoms with E-state index in [1.807, 2.05) is 42.1 Å². The Labute approximate surface area is 112 Å². The number of aryl methyl sites for hydroxylation is 1. The summed E-state index contributed by atoms with van der Waals surface area (Å²) in [6, 6.07) is 12.4. The van der Waals surface area contributed by atoms with Crippen LogP contribution >= 0.6 is 0 Å². The van der Waals surface area contributed by atoms with Crippen molar-refractivity contribution in [3.05, 3.63) is 53.3 Å². The Balaban J connectivity index is 1.69. The molecule has 2 aromatic rings. The smallest absolute Gasteiger partial charge is 0.124 e. The molecule has 0 saturated heterocycles. The fourth-order valence-electron chi connectivity index (χ4n) is 2.41. The minimum Gasteiger partial charge on any atom is -0.491 e. The van der Waals surface area contributed by atoms with Crippen molar-refractivity contribution in [1.82, 2.24) is 9.88 Å². The highest BCUT2D eigenvalue weighted by Gasteiger charge is 2.22. The van der Waals surface area contributed by atoms with Crippen LogP contribution in [-0.4, -0.2) is 11.2 Å². The Bertz CT molecular complexity index is 639. The van der Waals surface area contributed by atoms with E-state index >= 15 is 0 Å². The summed E-state index contributed by atoms with van der Waals surface area (Å²) >= 11 is 0. The first-order chi connectivity index (χ1) is 9.28. The van der Waals surface area contributed by atoms with Gasteiger partial charge in [0.1, 0.15) is 24.1 Å². The third-order valence-corrected chi connectivity index (χ3v) is 3.43. The summed E-state index contributed by atoms with van der Waals surface area (Å²) in [5.41, 5.74) is 3.00. The van der Waals surface area contributed by atoms with E-state index in [-0.39, 0.29) is 6.04 Å². The number of benzene rings is 1. The standard InChI is InChI=1S/C15H15N3O/c1-18-9-11(6-12(18)7-16)8-17-14-10-19-15-5-3-2-4-13(14)15/h2-6,9,14,17H,8,10H2,1H3. The first-order valence-corrected chi connectivity index (χ1v) is 6.28. The lowest BCUT2D eigenvalue weighted by molar-refractivity contribution is 0.310. The van der Waals surface area contributed by atoms with Gasteiger partial charge < -0.3 is 14.6 Å². The zero-order valence-corrected chi connectivity index (χ0v) is 10.8. The number of hydrogen-bond acceptors (Lipinski definition) is 3. The van der Waals surface area contributed by atoms with Gasteiger partial charge in [-0.3, -0.25) is 0 Å². The number of rotatable bonds is 3. The average Bonchev–Trinajstić information content (AvgIpc) is 3.00. The molecule has 3 rings (SSSR count). The van der Waals surface area contributed by atoms with Gasteiger partial charge in [0.2, 0.25) is 0 Å². The lowest BCUT2D eigenvalue weighted by atomic mass is 10.1. The molecule has 1 aromatic heterocycles. The fraction of sp³-hybridized carbons (Fsp3) is 0.267. The van der Waals surface area contributed by atoms with Gasteiger partial charge in [0.25, 0.3) is 0 Å². The summed E-state index contributed by atoms with van der Waals surface area (Å²) in [6.07, 6.45) is 1.98. The molecule has 1 unspecified atom stereocenters. The van der Waals surface area contributed by atoms with Crippen molar-refractivity contribution in [1.29, 1.82) is 5.26 Å². The molecule has 2 heterocycles. The van der Waals surface area contributed by atoms with Crippen LogP contribution in [0.3, 0.4) is 0 Å². The van der Waals surface area contributed by atoms with Gasteiger partial charge in [-0.15, -0.1) is 0 Å². The Kier molecular flexibility index (Phi) is 2.98. The number of ether oxygens (including phenoxy) is 1. The van der Waals surface area contributed by atoms with Crippen molar-refractivity contribution in [3.8, 4) is 11.8 Å². The molecule has 0 aliphatic carbocycles. The molecule has 19 heavy (non-hydrogen) atoms. The minimum absolute atomic E-state index is 0.224. The van der Waals surface area contributed by atoms with Crippen LogP contribution in [-0.2, 0) is 13.6 Å². The van der Waals surface area contributed by atoms with Crippen molar-refractivity contribution in [3.63, 3.8) is 0 Å². The molecule has 0 amide bonds. The number of nitriles is 1. The molecule has 1 aromatic carbocycles. The third kappa shape index (κ3) is 2.20. The maximum Gasteiger partial charge on any atom is 0.124 e. The molecule has 1 aliphatic rings. The molecule has 1 atom stereocenters. The molecule has 96 valence electrons. The van der Waals surface area contributed by atoms with Crippen molar-refractivity contribution >= 4 is 0 Å². The van der Waals surface area contributed by atoms with Crippen LogP contribution < -0.4 is 10.1 Å². The van der Waals surface area contributed by atoms with Gasteiger partial charge in [0.05, 0.1) is 6.04 Å². The normalized spacial score (nSPS) is 16.7. The SMILES string of the molecule is Cn1cc(CNC2COc3ccccc32)cc1C#N. The zero-order chi connectivity index (χ0) is 13.2. The summed E-state index contributed by atoms with van der Waals surface area (Å²) in [6.45, 7) is 1.40. The summed E-state index contributed by atoms with van der Waals surface area (Å²) < 4.78 is 7.47. The van der Waals surface area contributed by atoms with E-state index in [0.29, 0.717) is 12.3 Å². The first-order valence-electron chi connectivity index (χ1n) is 6.28. The van der Waals surface area contributed by atoms with Gasteiger partial charge >= 0.3 is 0 Å². The van der Waals surface area contributed by atoms with Crippen molar-refractivity contribution in [2.75, 3.05) is 6.61 Å². The Morgan fingerprint density at radius 1 is 1.47 bits per heavy atom. The number of nitrogens with one attached hydrogen (secondary N) is 1. The molecule has 1 aliphatic heterocycles. The van der Waals surface area contributed by atoms with Gasteiger partial charge in [0, 0.05) is 25.4 Å². The second-order valence-electron chi connectivity index (χ2n) is 4.74. The largest absolute Gasteiger partial charge is 0.491 e. The number of para-hydroxylation sites is 1. The van der Waals surface area contributed by atoms with Gasteiger partial charge in [-0.05, 0) is 17.7 Å². The van der Waals surface area contributed by atoms with E-state index in [1.54, 1.807) is 0 Å². The van der Waals surface area contributed by atoms with Crippen molar-refractivity contribution < 1.29 is 4.74 Å². The predicted octanol–water partition coefficient (Wildman–Crippen LogP) is 2.12. The maximum absolute atomic E-state index is 8.93. The van der Waals surface area contributed by atoms with Gasteiger partial charge in [-0.1, -0.05) is 18.2 Å². The van der Waals surface area contributed by atoms with Crippen molar-refractivity contribution in [2.45, 2.75) is 12.6 Å². The summed E-state index contributed by atoms with van der Waals surface area (Å²) in [5.74, 6) is 0.964. The first kappa shape index (κ1) is 11.8. The molecule has 0 fully saturated rings. The van der Waals surface area contributed by atoms with Crippen LogP contribution in [0, 0.1) is 11.3 Å². The van der Waals surface area contributed by atoms with Crippen LogP contribution in [0.2, 0.25) is 0 Å². The van der Waals surface area contributed by atoms with Crippen LogP contribution in [0.1, 0.15) is 22.9 Å². The molecule has 0 bridgehead atoms. The fourth-order valence-corrected chi connectivity index (χ4v) is 2.41. The van der Waals surface area contributed by atoms with Gasteiger partial charge in [-0.25, -0.2) is 0 Å². The molecular formula is C15H15N3O. The summed E-state index contributed by atoms with van der Waals surface area (Å²) in [5, 5.41) is 12.4. The number of hydrogen-bond donors (Lipinski definition) is 1. The highest BCUT2D eigenvalue weighted by molar-refractivity contribution is 5.39. The molecule has 1 N–H and O–H groups in total. The molecule has 4 heteroatoms. The van der Waals surface area contributed by atoms with E-state index in [9.17, 15) is 0 Å².